The molecule has 0 aliphatic carbocycles. The summed E-state index contributed by atoms with van der Waals surface area (Å²) in [5, 5.41) is 8.37. The van der Waals surface area contributed by atoms with Gasteiger partial charge in [0.15, 0.2) is 9.84 Å². The normalized spacial score (nSPS) is 11.2. The minimum atomic E-state index is -3.48. The summed E-state index contributed by atoms with van der Waals surface area (Å²) in [4.78, 5) is 10.2. The standard InChI is InChI=1S/C10H12O4S/c11-10(12)8-15(13,14)7-6-9-4-2-1-3-5-9/h1-5H,6-8H2,(H,11,12). The van der Waals surface area contributed by atoms with Gasteiger partial charge in [-0.1, -0.05) is 30.3 Å². The Bertz CT molecular complexity index is 422. The predicted octanol–water partition coefficient (Wildman–Crippen LogP) is 0.728. The van der Waals surface area contributed by atoms with Crippen molar-refractivity contribution in [3.63, 3.8) is 0 Å². The van der Waals surface area contributed by atoms with Crippen molar-refractivity contribution in [3.8, 4) is 0 Å². The number of hydrogen-bond donors (Lipinski definition) is 1. The molecule has 0 bridgehead atoms. The first-order chi connectivity index (χ1) is 6.99. The molecule has 0 saturated heterocycles. The molecule has 0 heterocycles. The van der Waals surface area contributed by atoms with Crippen molar-refractivity contribution in [1.82, 2.24) is 0 Å². The molecule has 0 fully saturated rings. The molecule has 15 heavy (non-hydrogen) atoms. The molecule has 0 aromatic heterocycles. The first-order valence-electron chi connectivity index (χ1n) is 4.46. The second kappa shape index (κ2) is 4.93. The number of rotatable bonds is 5. The molecule has 0 radical (unpaired) electrons. The maximum absolute atomic E-state index is 11.2. The van der Waals surface area contributed by atoms with Crippen LogP contribution in [0.25, 0.3) is 0 Å². The van der Waals surface area contributed by atoms with Crippen LogP contribution in [0.15, 0.2) is 30.3 Å². The molecule has 0 aliphatic rings. The summed E-state index contributed by atoms with van der Waals surface area (Å²) < 4.78 is 22.5. The summed E-state index contributed by atoms with van der Waals surface area (Å²) in [7, 11) is -3.48. The van der Waals surface area contributed by atoms with E-state index >= 15 is 0 Å². The van der Waals surface area contributed by atoms with Crippen LogP contribution in [-0.2, 0) is 21.1 Å². The molecular formula is C10H12O4S. The lowest BCUT2D eigenvalue weighted by molar-refractivity contribution is -0.134. The summed E-state index contributed by atoms with van der Waals surface area (Å²) in [6.07, 6.45) is 0.358. The van der Waals surface area contributed by atoms with Gasteiger partial charge >= 0.3 is 5.97 Å². The lowest BCUT2D eigenvalue weighted by atomic mass is 10.2. The molecule has 0 unspecified atom stereocenters. The van der Waals surface area contributed by atoms with Crippen LogP contribution in [0.2, 0.25) is 0 Å². The maximum Gasteiger partial charge on any atom is 0.318 e. The van der Waals surface area contributed by atoms with Crippen molar-refractivity contribution >= 4 is 15.8 Å². The first-order valence-corrected chi connectivity index (χ1v) is 6.28. The number of aryl methyl sites for hydroxylation is 1. The SMILES string of the molecule is O=C(O)CS(=O)(=O)CCc1ccccc1. The first kappa shape index (κ1) is 11.7. The smallest absolute Gasteiger partial charge is 0.318 e. The van der Waals surface area contributed by atoms with Crippen molar-refractivity contribution < 1.29 is 18.3 Å². The number of benzene rings is 1. The van der Waals surface area contributed by atoms with E-state index in [9.17, 15) is 13.2 Å². The number of sulfone groups is 1. The quantitative estimate of drug-likeness (QED) is 0.806. The van der Waals surface area contributed by atoms with Gasteiger partial charge in [-0.25, -0.2) is 8.42 Å². The minimum Gasteiger partial charge on any atom is -0.480 e. The third-order valence-corrected chi connectivity index (χ3v) is 3.40. The van der Waals surface area contributed by atoms with Crippen molar-refractivity contribution in [1.29, 1.82) is 0 Å². The minimum absolute atomic E-state index is 0.122. The Labute approximate surface area is 88.5 Å². The summed E-state index contributed by atoms with van der Waals surface area (Å²) >= 11 is 0. The summed E-state index contributed by atoms with van der Waals surface area (Å²) in [6.45, 7) is 0. The fraction of sp³-hybridized carbons (Fsp3) is 0.300. The highest BCUT2D eigenvalue weighted by Crippen LogP contribution is 2.02. The van der Waals surface area contributed by atoms with Gasteiger partial charge in [0.25, 0.3) is 0 Å². The molecule has 0 atom stereocenters. The van der Waals surface area contributed by atoms with Gasteiger partial charge in [-0.2, -0.15) is 0 Å². The zero-order valence-electron chi connectivity index (χ0n) is 8.09. The van der Waals surface area contributed by atoms with E-state index in [1.807, 2.05) is 30.3 Å². The van der Waals surface area contributed by atoms with E-state index in [2.05, 4.69) is 0 Å². The Morgan fingerprint density at radius 3 is 2.33 bits per heavy atom. The van der Waals surface area contributed by atoms with Crippen molar-refractivity contribution in [2.24, 2.45) is 0 Å². The van der Waals surface area contributed by atoms with Crippen LogP contribution < -0.4 is 0 Å². The molecule has 0 aliphatic heterocycles. The monoisotopic (exact) mass is 228 g/mol. The van der Waals surface area contributed by atoms with Crippen LogP contribution in [0.1, 0.15) is 5.56 Å². The van der Waals surface area contributed by atoms with E-state index < -0.39 is 21.6 Å². The fourth-order valence-corrected chi connectivity index (χ4v) is 2.25. The molecule has 1 rings (SSSR count). The van der Waals surface area contributed by atoms with E-state index in [0.29, 0.717) is 6.42 Å². The second-order valence-electron chi connectivity index (χ2n) is 3.22. The van der Waals surface area contributed by atoms with Crippen molar-refractivity contribution in [2.75, 3.05) is 11.5 Å². The van der Waals surface area contributed by atoms with Crippen molar-refractivity contribution in [2.45, 2.75) is 6.42 Å². The Balaban J connectivity index is 2.54. The van der Waals surface area contributed by atoms with Crippen LogP contribution in [0.5, 0.6) is 0 Å². The molecule has 1 aromatic carbocycles. The fourth-order valence-electron chi connectivity index (χ4n) is 1.18. The molecule has 0 spiro atoms. The zero-order chi connectivity index (χ0) is 11.3. The molecule has 5 heteroatoms. The van der Waals surface area contributed by atoms with E-state index in [1.54, 1.807) is 0 Å². The molecular weight excluding hydrogens is 216 g/mol. The van der Waals surface area contributed by atoms with Gasteiger partial charge in [-0.3, -0.25) is 4.79 Å². The zero-order valence-corrected chi connectivity index (χ0v) is 8.90. The topological polar surface area (TPSA) is 71.4 Å². The molecule has 0 saturated carbocycles. The second-order valence-corrected chi connectivity index (χ2v) is 5.41. The molecule has 0 amide bonds. The number of aliphatic carboxylic acids is 1. The van der Waals surface area contributed by atoms with Crippen LogP contribution in [0.3, 0.4) is 0 Å². The van der Waals surface area contributed by atoms with E-state index in [4.69, 9.17) is 5.11 Å². The maximum atomic E-state index is 11.2. The largest absolute Gasteiger partial charge is 0.480 e. The highest BCUT2D eigenvalue weighted by atomic mass is 32.2. The van der Waals surface area contributed by atoms with Gasteiger partial charge in [0.05, 0.1) is 5.75 Å². The summed E-state index contributed by atoms with van der Waals surface area (Å²) in [6, 6.07) is 9.11. The number of hydrogen-bond acceptors (Lipinski definition) is 3. The van der Waals surface area contributed by atoms with Crippen LogP contribution in [0.4, 0.5) is 0 Å². The van der Waals surface area contributed by atoms with Gasteiger partial charge in [-0.05, 0) is 12.0 Å². The molecule has 82 valence electrons. The molecule has 1 N–H and O–H groups in total. The van der Waals surface area contributed by atoms with E-state index in [0.717, 1.165) is 5.56 Å². The Hall–Kier alpha value is -1.36. The van der Waals surface area contributed by atoms with Gasteiger partial charge in [0.1, 0.15) is 5.75 Å². The Kier molecular flexibility index (Phi) is 3.85. The average molecular weight is 228 g/mol. The average Bonchev–Trinajstić information content (AvgIpc) is 2.15. The summed E-state index contributed by atoms with van der Waals surface area (Å²) in [5.41, 5.74) is 0.895. The Morgan fingerprint density at radius 1 is 1.20 bits per heavy atom. The lowest BCUT2D eigenvalue weighted by Crippen LogP contribution is -2.19. The molecule has 1 aromatic rings. The lowest BCUT2D eigenvalue weighted by Gasteiger charge is -2.01. The molecule has 4 nitrogen and oxygen atoms in total. The van der Waals surface area contributed by atoms with Crippen LogP contribution >= 0.6 is 0 Å². The van der Waals surface area contributed by atoms with Gasteiger partial charge in [-0.15, -0.1) is 0 Å². The van der Waals surface area contributed by atoms with Gasteiger partial charge < -0.3 is 5.11 Å². The third-order valence-electron chi connectivity index (χ3n) is 1.89. The number of carboxylic acids is 1. The highest BCUT2D eigenvalue weighted by Gasteiger charge is 2.15. The predicted molar refractivity (Wildman–Crippen MR) is 56.4 cm³/mol. The number of carboxylic acid groups (broad SMARTS) is 1. The third kappa shape index (κ3) is 4.60. The van der Waals surface area contributed by atoms with Gasteiger partial charge in [0, 0.05) is 0 Å². The van der Waals surface area contributed by atoms with Crippen LogP contribution in [-0.4, -0.2) is 31.0 Å². The Morgan fingerprint density at radius 2 is 1.80 bits per heavy atom. The number of carbonyl (C=O) groups is 1. The van der Waals surface area contributed by atoms with Gasteiger partial charge in [0.2, 0.25) is 0 Å². The van der Waals surface area contributed by atoms with E-state index in [1.165, 1.54) is 0 Å². The highest BCUT2D eigenvalue weighted by molar-refractivity contribution is 7.92. The van der Waals surface area contributed by atoms with E-state index in [-0.39, 0.29) is 5.75 Å². The van der Waals surface area contributed by atoms with Crippen molar-refractivity contribution in [3.05, 3.63) is 35.9 Å². The summed E-state index contributed by atoms with van der Waals surface area (Å²) in [5.74, 6) is -2.22. The van der Waals surface area contributed by atoms with Crippen LogP contribution in [0, 0.1) is 0 Å².